The Bertz CT molecular complexity index is 997. The standard InChI is InChI=1S/C23H24F6N4O3/c24-22(25,26)17-9-13(1-3-19(17)35-15-5-7-30-11-15)32-21(34)33-14-2-4-20(18(10-14)23(27,28)29)36-16-6-8-31-12-16/h1-4,9-10,15-16,30-31H,5-8,11-12H2,(H2,32,33,34)/t15-,16-/m1/s1. The number of ether oxygens (including phenoxy) is 2. The van der Waals surface area contributed by atoms with Gasteiger partial charge in [-0.1, -0.05) is 0 Å². The molecule has 0 aliphatic carbocycles. The molecule has 36 heavy (non-hydrogen) atoms. The number of urea groups is 1. The van der Waals surface area contributed by atoms with Gasteiger partial charge in [0.25, 0.3) is 0 Å². The number of carbonyl (C=O) groups is 1. The predicted molar refractivity (Wildman–Crippen MR) is 119 cm³/mol. The van der Waals surface area contributed by atoms with Gasteiger partial charge in [-0.25, -0.2) is 4.79 Å². The molecule has 0 spiro atoms. The molecule has 0 bridgehead atoms. The van der Waals surface area contributed by atoms with Crippen molar-refractivity contribution >= 4 is 17.4 Å². The summed E-state index contributed by atoms with van der Waals surface area (Å²) in [5.41, 5.74) is -2.56. The zero-order chi connectivity index (χ0) is 25.9. The van der Waals surface area contributed by atoms with Crippen molar-refractivity contribution in [2.45, 2.75) is 37.4 Å². The van der Waals surface area contributed by atoms with E-state index in [0.717, 1.165) is 12.1 Å². The van der Waals surface area contributed by atoms with E-state index in [9.17, 15) is 31.1 Å². The second-order valence-corrected chi connectivity index (χ2v) is 8.46. The molecule has 2 atom stereocenters. The average Bonchev–Trinajstić information content (AvgIpc) is 3.49. The Hall–Kier alpha value is -3.19. The van der Waals surface area contributed by atoms with Crippen molar-refractivity contribution in [2.24, 2.45) is 0 Å². The van der Waals surface area contributed by atoms with Gasteiger partial charge < -0.3 is 30.7 Å². The molecule has 2 amide bonds. The van der Waals surface area contributed by atoms with Gasteiger partial charge in [0.05, 0.1) is 11.1 Å². The van der Waals surface area contributed by atoms with Crippen LogP contribution < -0.4 is 30.7 Å². The highest BCUT2D eigenvalue weighted by atomic mass is 19.4. The fourth-order valence-corrected chi connectivity index (χ4v) is 3.97. The van der Waals surface area contributed by atoms with Crippen molar-refractivity contribution in [1.82, 2.24) is 10.6 Å². The largest absolute Gasteiger partial charge is 0.488 e. The summed E-state index contributed by atoms with van der Waals surface area (Å²) in [7, 11) is 0. The van der Waals surface area contributed by atoms with E-state index in [-0.39, 0.29) is 22.9 Å². The molecule has 4 N–H and O–H groups in total. The maximum Gasteiger partial charge on any atom is 0.420 e. The number of hydrogen-bond acceptors (Lipinski definition) is 5. The Balaban J connectivity index is 1.47. The molecule has 7 nitrogen and oxygen atoms in total. The molecule has 0 radical (unpaired) electrons. The van der Waals surface area contributed by atoms with Crippen LogP contribution in [0.5, 0.6) is 11.5 Å². The quantitative estimate of drug-likeness (QED) is 0.411. The second-order valence-electron chi connectivity index (χ2n) is 8.46. The van der Waals surface area contributed by atoms with Crippen LogP contribution in [-0.4, -0.2) is 44.4 Å². The summed E-state index contributed by atoms with van der Waals surface area (Å²) in [6.45, 7) is 2.10. The first-order chi connectivity index (χ1) is 17.0. The van der Waals surface area contributed by atoms with Crippen LogP contribution in [0.3, 0.4) is 0 Å². The van der Waals surface area contributed by atoms with Crippen molar-refractivity contribution in [2.75, 3.05) is 36.8 Å². The van der Waals surface area contributed by atoms with Crippen LogP contribution >= 0.6 is 0 Å². The first-order valence-electron chi connectivity index (χ1n) is 11.2. The molecule has 0 unspecified atom stereocenters. The van der Waals surface area contributed by atoms with Gasteiger partial charge in [-0.15, -0.1) is 0 Å². The average molecular weight is 518 g/mol. The highest BCUT2D eigenvalue weighted by Gasteiger charge is 2.37. The maximum atomic E-state index is 13.6. The van der Waals surface area contributed by atoms with Crippen LogP contribution in [0.4, 0.5) is 42.5 Å². The Morgan fingerprint density at radius 1 is 0.750 bits per heavy atom. The summed E-state index contributed by atoms with van der Waals surface area (Å²) >= 11 is 0. The third-order valence-electron chi connectivity index (χ3n) is 5.70. The van der Waals surface area contributed by atoms with Gasteiger partial charge in [0.1, 0.15) is 23.7 Å². The van der Waals surface area contributed by atoms with Gasteiger partial charge in [0.2, 0.25) is 0 Å². The summed E-state index contributed by atoms with van der Waals surface area (Å²) in [4.78, 5) is 12.4. The zero-order valence-corrected chi connectivity index (χ0v) is 18.9. The smallest absolute Gasteiger partial charge is 0.420 e. The minimum absolute atomic E-state index is 0.207. The highest BCUT2D eigenvalue weighted by molar-refractivity contribution is 6.00. The Morgan fingerprint density at radius 2 is 1.17 bits per heavy atom. The Kier molecular flexibility index (Phi) is 7.50. The van der Waals surface area contributed by atoms with Crippen LogP contribution in [0.25, 0.3) is 0 Å². The van der Waals surface area contributed by atoms with Crippen molar-refractivity contribution < 1.29 is 40.6 Å². The fraction of sp³-hybridized carbons (Fsp3) is 0.435. The minimum Gasteiger partial charge on any atom is -0.488 e. The highest BCUT2D eigenvalue weighted by Crippen LogP contribution is 2.40. The Morgan fingerprint density at radius 3 is 1.50 bits per heavy atom. The summed E-state index contributed by atoms with van der Waals surface area (Å²) < 4.78 is 92.4. The number of anilines is 2. The van der Waals surface area contributed by atoms with Crippen molar-refractivity contribution in [1.29, 1.82) is 0 Å². The normalized spacial score (nSPS) is 20.3. The molecule has 2 heterocycles. The monoisotopic (exact) mass is 518 g/mol. The van der Waals surface area contributed by atoms with Crippen molar-refractivity contribution in [3.05, 3.63) is 47.5 Å². The summed E-state index contributed by atoms with van der Waals surface area (Å²) in [6.07, 6.45) is -9.20. The van der Waals surface area contributed by atoms with Gasteiger partial charge in [0, 0.05) is 24.5 Å². The summed E-state index contributed by atoms with van der Waals surface area (Å²) in [5, 5.41) is 10.4. The summed E-state index contributed by atoms with van der Waals surface area (Å²) in [6, 6.07) is 5.06. The van der Waals surface area contributed by atoms with E-state index in [2.05, 4.69) is 21.3 Å². The maximum absolute atomic E-state index is 13.6. The van der Waals surface area contributed by atoms with E-state index >= 15 is 0 Å². The number of hydrogen-bond donors (Lipinski definition) is 4. The van der Waals surface area contributed by atoms with Gasteiger partial charge in [0.15, 0.2) is 0 Å². The van der Waals surface area contributed by atoms with E-state index in [1.54, 1.807) is 0 Å². The first-order valence-corrected chi connectivity index (χ1v) is 11.2. The minimum atomic E-state index is -4.75. The number of carbonyl (C=O) groups excluding carboxylic acids is 1. The molecular weight excluding hydrogens is 494 g/mol. The molecule has 2 aromatic rings. The predicted octanol–water partition coefficient (Wildman–Crippen LogP) is 4.85. The van der Waals surface area contributed by atoms with Crippen LogP contribution in [0.2, 0.25) is 0 Å². The van der Waals surface area contributed by atoms with Crippen LogP contribution in [0, 0.1) is 0 Å². The zero-order valence-electron chi connectivity index (χ0n) is 18.9. The topological polar surface area (TPSA) is 83.7 Å². The number of rotatable bonds is 6. The molecule has 2 saturated heterocycles. The van der Waals surface area contributed by atoms with Crippen LogP contribution in [-0.2, 0) is 12.4 Å². The number of alkyl halides is 6. The lowest BCUT2D eigenvalue weighted by Gasteiger charge is -2.19. The lowest BCUT2D eigenvalue weighted by Crippen LogP contribution is -2.23. The lowest BCUT2D eigenvalue weighted by molar-refractivity contribution is -0.140. The second kappa shape index (κ2) is 10.4. The van der Waals surface area contributed by atoms with E-state index in [0.29, 0.717) is 51.2 Å². The Labute approximate surface area is 202 Å². The van der Waals surface area contributed by atoms with E-state index in [1.807, 2.05) is 0 Å². The molecule has 2 fully saturated rings. The SMILES string of the molecule is O=C(Nc1ccc(O[C@@H]2CCNC2)c(C(F)(F)F)c1)Nc1ccc(O[C@@H]2CCNC2)c(C(F)(F)F)c1. The number of amides is 2. The third-order valence-corrected chi connectivity index (χ3v) is 5.70. The van der Waals surface area contributed by atoms with Gasteiger partial charge >= 0.3 is 18.4 Å². The molecule has 196 valence electrons. The number of halogens is 6. The van der Waals surface area contributed by atoms with Crippen molar-refractivity contribution in [3.63, 3.8) is 0 Å². The van der Waals surface area contributed by atoms with E-state index in [4.69, 9.17) is 9.47 Å². The fourth-order valence-electron chi connectivity index (χ4n) is 3.97. The van der Waals surface area contributed by atoms with E-state index < -0.39 is 41.7 Å². The molecule has 13 heteroatoms. The number of nitrogens with one attached hydrogen (secondary N) is 4. The van der Waals surface area contributed by atoms with Crippen LogP contribution in [0.15, 0.2) is 36.4 Å². The van der Waals surface area contributed by atoms with Gasteiger partial charge in [-0.2, -0.15) is 26.3 Å². The van der Waals surface area contributed by atoms with Crippen molar-refractivity contribution in [3.8, 4) is 11.5 Å². The number of benzene rings is 2. The van der Waals surface area contributed by atoms with Gasteiger partial charge in [-0.3, -0.25) is 0 Å². The molecule has 0 saturated carbocycles. The molecule has 2 aliphatic heterocycles. The summed E-state index contributed by atoms with van der Waals surface area (Å²) in [5.74, 6) is -0.741. The molecular formula is C23H24F6N4O3. The van der Waals surface area contributed by atoms with Gasteiger partial charge in [-0.05, 0) is 62.3 Å². The lowest BCUT2D eigenvalue weighted by atomic mass is 10.1. The molecule has 2 aromatic carbocycles. The van der Waals surface area contributed by atoms with Crippen LogP contribution in [0.1, 0.15) is 24.0 Å². The van der Waals surface area contributed by atoms with E-state index in [1.165, 1.54) is 12.1 Å². The molecule has 0 aromatic heterocycles. The molecule has 2 aliphatic rings. The first kappa shape index (κ1) is 25.9. The molecule has 4 rings (SSSR count). The third kappa shape index (κ3) is 6.52.